The van der Waals surface area contributed by atoms with Crippen LogP contribution in [0.25, 0.3) is 0 Å². The molecule has 104 valence electrons. The largest absolute Gasteiger partial charge is 0.387 e. The first-order valence-electron chi connectivity index (χ1n) is 7.46. The van der Waals surface area contributed by atoms with E-state index >= 15 is 0 Å². The van der Waals surface area contributed by atoms with Crippen molar-refractivity contribution in [1.82, 2.24) is 10.2 Å². The third-order valence-electron chi connectivity index (χ3n) is 4.42. The van der Waals surface area contributed by atoms with Crippen LogP contribution in [-0.2, 0) is 0 Å². The van der Waals surface area contributed by atoms with Crippen LogP contribution >= 0.6 is 0 Å². The molecule has 1 saturated heterocycles. The first kappa shape index (κ1) is 13.1. The molecule has 1 aromatic rings. The van der Waals surface area contributed by atoms with Crippen molar-refractivity contribution >= 4 is 0 Å². The summed E-state index contributed by atoms with van der Waals surface area (Å²) in [5, 5.41) is 13.7. The summed E-state index contributed by atoms with van der Waals surface area (Å²) in [7, 11) is 0. The lowest BCUT2D eigenvalue weighted by Gasteiger charge is -2.20. The maximum atomic E-state index is 10.2. The number of hydrogen-bond acceptors (Lipinski definition) is 3. The highest BCUT2D eigenvalue weighted by atomic mass is 16.3. The van der Waals surface area contributed by atoms with Crippen LogP contribution in [-0.4, -0.2) is 41.2 Å². The summed E-state index contributed by atoms with van der Waals surface area (Å²) < 4.78 is 0. The van der Waals surface area contributed by atoms with Crippen LogP contribution in [0.5, 0.6) is 0 Å². The quantitative estimate of drug-likeness (QED) is 0.849. The number of likely N-dealkylation sites (tertiary alicyclic amines) is 1. The van der Waals surface area contributed by atoms with E-state index < -0.39 is 6.10 Å². The zero-order chi connectivity index (χ0) is 13.2. The number of aliphatic hydroxyl groups excluding tert-OH is 1. The van der Waals surface area contributed by atoms with Gasteiger partial charge < -0.3 is 10.4 Å². The summed E-state index contributed by atoms with van der Waals surface area (Å²) in [4.78, 5) is 2.63. The molecule has 3 nitrogen and oxygen atoms in total. The van der Waals surface area contributed by atoms with Crippen molar-refractivity contribution in [2.45, 2.75) is 50.4 Å². The molecule has 0 bridgehead atoms. The number of hydrogen-bond donors (Lipinski definition) is 2. The predicted octanol–water partition coefficient (Wildman–Crippen LogP) is 1.93. The molecule has 3 unspecified atom stereocenters. The van der Waals surface area contributed by atoms with E-state index in [4.69, 9.17) is 0 Å². The number of rotatable bonds is 5. The number of nitrogens with one attached hydrogen (secondary N) is 1. The summed E-state index contributed by atoms with van der Waals surface area (Å²) in [6, 6.07) is 12.0. The van der Waals surface area contributed by atoms with E-state index in [0.717, 1.165) is 18.2 Å². The minimum absolute atomic E-state index is 0.397. The van der Waals surface area contributed by atoms with Crippen molar-refractivity contribution in [2.24, 2.45) is 0 Å². The van der Waals surface area contributed by atoms with Crippen molar-refractivity contribution in [1.29, 1.82) is 0 Å². The zero-order valence-corrected chi connectivity index (χ0v) is 11.6. The Balaban J connectivity index is 1.47. The van der Waals surface area contributed by atoms with Crippen LogP contribution in [0.3, 0.4) is 0 Å². The van der Waals surface area contributed by atoms with E-state index in [9.17, 15) is 5.11 Å². The molecular weight excluding hydrogens is 236 g/mol. The van der Waals surface area contributed by atoms with E-state index in [1.165, 1.54) is 19.3 Å². The summed E-state index contributed by atoms with van der Waals surface area (Å²) in [6.45, 7) is 4.13. The second kappa shape index (κ2) is 5.61. The fourth-order valence-electron chi connectivity index (χ4n) is 3.19. The van der Waals surface area contributed by atoms with Gasteiger partial charge in [-0.3, -0.25) is 4.90 Å². The average molecular weight is 260 g/mol. The molecule has 0 spiro atoms. The number of benzene rings is 1. The lowest BCUT2D eigenvalue weighted by molar-refractivity contribution is 0.169. The Kier molecular flexibility index (Phi) is 3.87. The maximum Gasteiger partial charge on any atom is 0.0914 e. The fraction of sp³-hybridized carbons (Fsp3) is 0.625. The van der Waals surface area contributed by atoms with Gasteiger partial charge in [0, 0.05) is 31.2 Å². The van der Waals surface area contributed by atoms with E-state index in [1.807, 2.05) is 30.3 Å². The van der Waals surface area contributed by atoms with Gasteiger partial charge in [-0.05, 0) is 31.7 Å². The van der Waals surface area contributed by atoms with Gasteiger partial charge in [-0.1, -0.05) is 30.3 Å². The minimum atomic E-state index is -0.397. The van der Waals surface area contributed by atoms with Crippen LogP contribution in [0.15, 0.2) is 30.3 Å². The highest BCUT2D eigenvalue weighted by molar-refractivity contribution is 5.17. The fourth-order valence-corrected chi connectivity index (χ4v) is 3.19. The highest BCUT2D eigenvalue weighted by Gasteiger charge is 2.38. The first-order valence-corrected chi connectivity index (χ1v) is 7.46. The van der Waals surface area contributed by atoms with E-state index in [1.54, 1.807) is 0 Å². The SMILES string of the molecule is CC1CC(NCC(O)c2ccccc2)CN1C1CC1. The molecule has 3 atom stereocenters. The Hall–Kier alpha value is -0.900. The van der Waals surface area contributed by atoms with Crippen LogP contribution in [0, 0.1) is 0 Å². The van der Waals surface area contributed by atoms with Gasteiger partial charge in [-0.15, -0.1) is 0 Å². The van der Waals surface area contributed by atoms with Crippen molar-refractivity contribution in [2.75, 3.05) is 13.1 Å². The van der Waals surface area contributed by atoms with Crippen LogP contribution in [0.1, 0.15) is 37.9 Å². The molecule has 0 aromatic heterocycles. The molecular formula is C16H24N2O. The van der Waals surface area contributed by atoms with Gasteiger partial charge in [-0.2, -0.15) is 0 Å². The smallest absolute Gasteiger partial charge is 0.0914 e. The van der Waals surface area contributed by atoms with E-state index in [0.29, 0.717) is 18.6 Å². The number of nitrogens with zero attached hydrogens (tertiary/aromatic N) is 1. The molecule has 1 aliphatic carbocycles. The second-order valence-electron chi connectivity index (χ2n) is 6.04. The standard InChI is InChI=1S/C16H24N2O/c1-12-9-14(11-18(12)15-7-8-15)17-10-16(19)13-5-3-2-4-6-13/h2-6,12,14-17,19H,7-11H2,1H3. The summed E-state index contributed by atoms with van der Waals surface area (Å²) in [5.74, 6) is 0. The topological polar surface area (TPSA) is 35.5 Å². The monoisotopic (exact) mass is 260 g/mol. The van der Waals surface area contributed by atoms with Gasteiger partial charge in [-0.25, -0.2) is 0 Å². The molecule has 0 radical (unpaired) electrons. The van der Waals surface area contributed by atoms with E-state index in [2.05, 4.69) is 17.1 Å². The Labute approximate surface area is 115 Å². The molecule has 2 aliphatic rings. The van der Waals surface area contributed by atoms with Crippen molar-refractivity contribution in [3.05, 3.63) is 35.9 Å². The van der Waals surface area contributed by atoms with Gasteiger partial charge in [0.05, 0.1) is 6.10 Å². The van der Waals surface area contributed by atoms with Gasteiger partial charge in [0.15, 0.2) is 0 Å². The predicted molar refractivity (Wildman–Crippen MR) is 77.0 cm³/mol. The molecule has 1 aliphatic heterocycles. The Bertz CT molecular complexity index is 404. The second-order valence-corrected chi connectivity index (χ2v) is 6.04. The molecule has 2 N–H and O–H groups in total. The average Bonchev–Trinajstić information content (AvgIpc) is 3.21. The van der Waals surface area contributed by atoms with Crippen LogP contribution < -0.4 is 5.32 Å². The minimum Gasteiger partial charge on any atom is -0.387 e. The summed E-state index contributed by atoms with van der Waals surface area (Å²) in [6.07, 6.45) is 3.57. The summed E-state index contributed by atoms with van der Waals surface area (Å²) in [5.41, 5.74) is 1.00. The molecule has 3 heteroatoms. The third-order valence-corrected chi connectivity index (χ3v) is 4.42. The van der Waals surface area contributed by atoms with Gasteiger partial charge in [0.2, 0.25) is 0 Å². The maximum absolute atomic E-state index is 10.2. The van der Waals surface area contributed by atoms with Crippen molar-refractivity contribution < 1.29 is 5.11 Å². The number of aliphatic hydroxyl groups is 1. The van der Waals surface area contributed by atoms with Crippen LogP contribution in [0.4, 0.5) is 0 Å². The molecule has 19 heavy (non-hydrogen) atoms. The van der Waals surface area contributed by atoms with Gasteiger partial charge in [0.25, 0.3) is 0 Å². The molecule has 1 saturated carbocycles. The normalized spacial score (nSPS) is 29.6. The molecule has 0 amide bonds. The van der Waals surface area contributed by atoms with E-state index in [-0.39, 0.29) is 0 Å². The molecule has 2 fully saturated rings. The van der Waals surface area contributed by atoms with Gasteiger partial charge in [0.1, 0.15) is 0 Å². The van der Waals surface area contributed by atoms with Crippen molar-refractivity contribution in [3.63, 3.8) is 0 Å². The highest BCUT2D eigenvalue weighted by Crippen LogP contribution is 2.33. The Morgan fingerprint density at radius 3 is 2.74 bits per heavy atom. The third kappa shape index (κ3) is 3.16. The molecule has 3 rings (SSSR count). The first-order chi connectivity index (χ1) is 9.24. The van der Waals surface area contributed by atoms with Crippen LogP contribution in [0.2, 0.25) is 0 Å². The zero-order valence-electron chi connectivity index (χ0n) is 11.6. The molecule has 1 heterocycles. The lowest BCUT2D eigenvalue weighted by Crippen LogP contribution is -2.36. The molecule has 1 aromatic carbocycles. The van der Waals surface area contributed by atoms with Gasteiger partial charge >= 0.3 is 0 Å². The Morgan fingerprint density at radius 1 is 1.32 bits per heavy atom. The van der Waals surface area contributed by atoms with Crippen molar-refractivity contribution in [3.8, 4) is 0 Å². The Morgan fingerprint density at radius 2 is 2.05 bits per heavy atom. The lowest BCUT2D eigenvalue weighted by atomic mass is 10.1. The summed E-state index contributed by atoms with van der Waals surface area (Å²) >= 11 is 0.